The number of carbonyl (C=O) groups is 1. The topological polar surface area (TPSA) is 52.3 Å². The third kappa shape index (κ3) is 3.18. The minimum Gasteiger partial charge on any atom is -0.465 e. The Morgan fingerprint density at radius 2 is 2.43 bits per heavy atom. The largest absolute Gasteiger partial charge is 0.465 e. The van der Waals surface area contributed by atoms with Crippen molar-refractivity contribution >= 4 is 5.97 Å². The molecule has 2 radical (unpaired) electrons. The molecule has 1 atom stereocenters. The molecule has 2 N–H and O–H groups in total. The van der Waals surface area contributed by atoms with Crippen LogP contribution in [0.5, 0.6) is 0 Å². The maximum atomic E-state index is 11.2. The zero-order valence-electron chi connectivity index (χ0n) is 8.12. The summed E-state index contributed by atoms with van der Waals surface area (Å²) in [5, 5.41) is 0. The molecule has 0 unspecified atom stereocenters. The SMILES string of the molecule is CCOC(=O)[C@@H](N)Cc1c[c][c]cc1. The van der Waals surface area contributed by atoms with Crippen molar-refractivity contribution in [2.24, 2.45) is 5.73 Å². The summed E-state index contributed by atoms with van der Waals surface area (Å²) >= 11 is 0. The molecular formula is C11H13NO2. The molecule has 3 heteroatoms. The lowest BCUT2D eigenvalue weighted by atomic mass is 10.1. The highest BCUT2D eigenvalue weighted by Crippen LogP contribution is 2.01. The first-order valence-corrected chi connectivity index (χ1v) is 4.53. The third-order valence-corrected chi connectivity index (χ3v) is 1.77. The summed E-state index contributed by atoms with van der Waals surface area (Å²) in [5.74, 6) is -0.361. The second-order valence-electron chi connectivity index (χ2n) is 2.90. The van der Waals surface area contributed by atoms with Gasteiger partial charge in [0.25, 0.3) is 0 Å². The summed E-state index contributed by atoms with van der Waals surface area (Å²) < 4.78 is 4.79. The summed E-state index contributed by atoms with van der Waals surface area (Å²) in [7, 11) is 0. The number of esters is 1. The van der Waals surface area contributed by atoms with Gasteiger partial charge in [-0.3, -0.25) is 4.79 Å². The van der Waals surface area contributed by atoms with Crippen LogP contribution in [0.1, 0.15) is 12.5 Å². The minimum atomic E-state index is -0.592. The van der Waals surface area contributed by atoms with E-state index in [0.717, 1.165) is 5.56 Å². The fraction of sp³-hybridized carbons (Fsp3) is 0.364. The Morgan fingerprint density at radius 1 is 1.64 bits per heavy atom. The number of ether oxygens (including phenoxy) is 1. The highest BCUT2D eigenvalue weighted by molar-refractivity contribution is 5.75. The molecule has 74 valence electrons. The van der Waals surface area contributed by atoms with Crippen LogP contribution >= 0.6 is 0 Å². The van der Waals surface area contributed by atoms with Crippen LogP contribution in [0.25, 0.3) is 0 Å². The molecule has 1 aromatic rings. The Morgan fingerprint density at radius 3 is 3.00 bits per heavy atom. The molecule has 0 aliphatic heterocycles. The average molecular weight is 191 g/mol. The van der Waals surface area contributed by atoms with Crippen molar-refractivity contribution in [1.82, 2.24) is 0 Å². The molecule has 0 aliphatic rings. The van der Waals surface area contributed by atoms with Crippen molar-refractivity contribution in [2.75, 3.05) is 6.61 Å². The molecule has 0 saturated heterocycles. The van der Waals surface area contributed by atoms with Crippen LogP contribution in [0, 0.1) is 12.1 Å². The van der Waals surface area contributed by atoms with E-state index in [1.54, 1.807) is 19.1 Å². The van der Waals surface area contributed by atoms with Crippen molar-refractivity contribution in [2.45, 2.75) is 19.4 Å². The first kappa shape index (κ1) is 10.7. The predicted molar refractivity (Wildman–Crippen MR) is 52.4 cm³/mol. The lowest BCUT2D eigenvalue weighted by Crippen LogP contribution is -2.34. The van der Waals surface area contributed by atoms with Gasteiger partial charge in [-0.25, -0.2) is 0 Å². The zero-order chi connectivity index (χ0) is 10.4. The van der Waals surface area contributed by atoms with E-state index < -0.39 is 6.04 Å². The van der Waals surface area contributed by atoms with Gasteiger partial charge in [0.1, 0.15) is 6.04 Å². The number of carbonyl (C=O) groups excluding carboxylic acids is 1. The Balaban J connectivity index is 2.49. The lowest BCUT2D eigenvalue weighted by Gasteiger charge is -2.09. The summed E-state index contributed by atoms with van der Waals surface area (Å²) in [6.07, 6.45) is 0.476. The van der Waals surface area contributed by atoms with Gasteiger partial charge >= 0.3 is 5.97 Å². The molecule has 0 aliphatic carbocycles. The molecule has 0 bridgehead atoms. The highest BCUT2D eigenvalue weighted by atomic mass is 16.5. The fourth-order valence-electron chi connectivity index (χ4n) is 1.09. The standard InChI is InChI=1S/C11H13NO2/c1-2-14-11(13)10(12)8-9-6-4-3-5-7-9/h4,6-7,10H,2,8,12H2,1H3/t10-/m0/s1. The maximum Gasteiger partial charge on any atom is 0.323 e. The lowest BCUT2D eigenvalue weighted by molar-refractivity contribution is -0.144. The average Bonchev–Trinajstić information content (AvgIpc) is 2.19. The van der Waals surface area contributed by atoms with Gasteiger partial charge in [0, 0.05) is 0 Å². The smallest absolute Gasteiger partial charge is 0.323 e. The molecule has 0 amide bonds. The molecule has 0 fully saturated rings. The first-order chi connectivity index (χ1) is 6.74. The number of hydrogen-bond acceptors (Lipinski definition) is 3. The van der Waals surface area contributed by atoms with E-state index in [1.807, 2.05) is 6.07 Å². The van der Waals surface area contributed by atoms with Gasteiger partial charge in [-0.15, -0.1) is 0 Å². The van der Waals surface area contributed by atoms with Gasteiger partial charge < -0.3 is 10.5 Å². The zero-order valence-corrected chi connectivity index (χ0v) is 8.12. The van der Waals surface area contributed by atoms with Crippen LogP contribution in [0.4, 0.5) is 0 Å². The van der Waals surface area contributed by atoms with E-state index in [4.69, 9.17) is 10.5 Å². The Hall–Kier alpha value is -1.35. The summed E-state index contributed by atoms with van der Waals surface area (Å²) in [6.45, 7) is 2.12. The van der Waals surface area contributed by atoms with Crippen LogP contribution in [0.15, 0.2) is 18.2 Å². The van der Waals surface area contributed by atoms with E-state index >= 15 is 0 Å². The molecule has 0 spiro atoms. The van der Waals surface area contributed by atoms with Gasteiger partial charge in [-0.2, -0.15) is 0 Å². The van der Waals surface area contributed by atoms with Crippen LogP contribution < -0.4 is 5.73 Å². The van der Waals surface area contributed by atoms with E-state index in [9.17, 15) is 4.79 Å². The van der Waals surface area contributed by atoms with Gasteiger partial charge in [-0.1, -0.05) is 18.2 Å². The number of nitrogens with two attached hydrogens (primary N) is 1. The van der Waals surface area contributed by atoms with Crippen molar-refractivity contribution in [3.63, 3.8) is 0 Å². The minimum absolute atomic E-state index is 0.361. The maximum absolute atomic E-state index is 11.2. The quantitative estimate of drug-likeness (QED) is 0.713. The molecule has 14 heavy (non-hydrogen) atoms. The second kappa shape index (κ2) is 5.40. The van der Waals surface area contributed by atoms with Gasteiger partial charge in [0.15, 0.2) is 0 Å². The van der Waals surface area contributed by atoms with E-state index in [-0.39, 0.29) is 5.97 Å². The molecule has 0 saturated carbocycles. The second-order valence-corrected chi connectivity index (χ2v) is 2.90. The van der Waals surface area contributed by atoms with Crippen LogP contribution in [-0.4, -0.2) is 18.6 Å². The van der Waals surface area contributed by atoms with Gasteiger partial charge in [0.2, 0.25) is 0 Å². The highest BCUT2D eigenvalue weighted by Gasteiger charge is 2.14. The van der Waals surface area contributed by atoms with Crippen LogP contribution in [0.2, 0.25) is 0 Å². The van der Waals surface area contributed by atoms with E-state index in [2.05, 4.69) is 12.1 Å². The molecule has 1 aromatic carbocycles. The Bertz CT molecular complexity index is 285. The number of rotatable bonds is 4. The van der Waals surface area contributed by atoms with Crippen molar-refractivity contribution in [3.8, 4) is 0 Å². The van der Waals surface area contributed by atoms with Gasteiger partial charge in [0.05, 0.1) is 6.61 Å². The van der Waals surface area contributed by atoms with E-state index in [0.29, 0.717) is 13.0 Å². The van der Waals surface area contributed by atoms with Crippen LogP contribution in [0.3, 0.4) is 0 Å². The van der Waals surface area contributed by atoms with Crippen molar-refractivity contribution in [3.05, 3.63) is 35.9 Å². The Kier molecular flexibility index (Phi) is 4.13. The van der Waals surface area contributed by atoms with Crippen LogP contribution in [-0.2, 0) is 16.0 Å². The normalized spacial score (nSPS) is 12.1. The molecular weight excluding hydrogens is 178 g/mol. The van der Waals surface area contributed by atoms with Crippen molar-refractivity contribution < 1.29 is 9.53 Å². The first-order valence-electron chi connectivity index (χ1n) is 4.53. The summed E-state index contributed by atoms with van der Waals surface area (Å²) in [6, 6.07) is 10.4. The summed E-state index contributed by atoms with van der Waals surface area (Å²) in [5.41, 5.74) is 6.60. The Labute approximate surface area is 83.9 Å². The third-order valence-electron chi connectivity index (χ3n) is 1.77. The van der Waals surface area contributed by atoms with E-state index in [1.165, 1.54) is 0 Å². The number of benzene rings is 1. The molecule has 1 rings (SSSR count). The molecule has 0 heterocycles. The molecule has 0 aromatic heterocycles. The monoisotopic (exact) mass is 191 g/mol. The van der Waals surface area contributed by atoms with Crippen molar-refractivity contribution in [1.29, 1.82) is 0 Å². The summed E-state index contributed by atoms with van der Waals surface area (Å²) in [4.78, 5) is 11.2. The van der Waals surface area contributed by atoms with Gasteiger partial charge in [-0.05, 0) is 31.0 Å². The number of hydrogen-bond donors (Lipinski definition) is 1. The predicted octanol–water partition coefficient (Wildman–Crippen LogP) is 0.720. The fourth-order valence-corrected chi connectivity index (χ4v) is 1.09. The molecule has 3 nitrogen and oxygen atoms in total.